The summed E-state index contributed by atoms with van der Waals surface area (Å²) in [6.45, 7) is 7.35. The highest BCUT2D eigenvalue weighted by Gasteiger charge is 2.16. The van der Waals surface area contributed by atoms with Crippen molar-refractivity contribution in [3.8, 4) is 17.2 Å². The van der Waals surface area contributed by atoms with E-state index >= 15 is 0 Å². The SMILES string of the molecule is Cc1nc([NH+]=C(N)Nc2ccccc2C#N)ccc1-c1ccc(NC(=O)OC(C)(C)C)cc1. The molecule has 0 unspecified atom stereocenters. The summed E-state index contributed by atoms with van der Waals surface area (Å²) < 4.78 is 5.27. The summed E-state index contributed by atoms with van der Waals surface area (Å²) in [5, 5.41) is 14.9. The minimum absolute atomic E-state index is 0.259. The minimum atomic E-state index is -0.558. The monoisotopic (exact) mass is 443 g/mol. The predicted molar refractivity (Wildman–Crippen MR) is 129 cm³/mol. The van der Waals surface area contributed by atoms with Crippen molar-refractivity contribution in [2.24, 2.45) is 5.73 Å². The van der Waals surface area contributed by atoms with Crippen molar-refractivity contribution in [3.05, 3.63) is 71.9 Å². The van der Waals surface area contributed by atoms with Gasteiger partial charge in [0.25, 0.3) is 0 Å². The fourth-order valence-electron chi connectivity index (χ4n) is 3.09. The van der Waals surface area contributed by atoms with Crippen LogP contribution in [0.15, 0.2) is 60.7 Å². The molecule has 8 heteroatoms. The summed E-state index contributed by atoms with van der Waals surface area (Å²) in [5.74, 6) is 0.828. The van der Waals surface area contributed by atoms with Gasteiger partial charge < -0.3 is 10.5 Å². The van der Waals surface area contributed by atoms with Crippen LogP contribution in [0.3, 0.4) is 0 Å². The number of nitrogens with one attached hydrogen (secondary N) is 3. The second-order valence-electron chi connectivity index (χ2n) is 8.35. The van der Waals surface area contributed by atoms with Gasteiger partial charge in [0, 0.05) is 17.3 Å². The van der Waals surface area contributed by atoms with E-state index in [0.717, 1.165) is 16.8 Å². The maximum absolute atomic E-state index is 11.9. The van der Waals surface area contributed by atoms with Crippen molar-refractivity contribution in [1.82, 2.24) is 4.98 Å². The zero-order chi connectivity index (χ0) is 24.0. The summed E-state index contributed by atoms with van der Waals surface area (Å²) in [6, 6.07) is 20.4. The summed E-state index contributed by atoms with van der Waals surface area (Å²) in [6.07, 6.45) is -0.497. The number of hydrogen-bond acceptors (Lipinski definition) is 4. The molecule has 0 aliphatic carbocycles. The highest BCUT2D eigenvalue weighted by molar-refractivity contribution is 5.90. The molecule has 0 radical (unpaired) electrons. The molecule has 0 fully saturated rings. The van der Waals surface area contributed by atoms with Gasteiger partial charge in [-0.25, -0.2) is 9.79 Å². The molecule has 1 aromatic heterocycles. The molecule has 0 atom stereocenters. The Morgan fingerprint density at radius 1 is 1.06 bits per heavy atom. The van der Waals surface area contributed by atoms with Crippen LogP contribution in [0.5, 0.6) is 0 Å². The highest BCUT2D eigenvalue weighted by atomic mass is 16.6. The number of benzene rings is 2. The fourth-order valence-corrected chi connectivity index (χ4v) is 3.09. The van der Waals surface area contributed by atoms with Gasteiger partial charge in [-0.05, 0) is 63.6 Å². The lowest BCUT2D eigenvalue weighted by Gasteiger charge is -2.19. The van der Waals surface area contributed by atoms with Crippen molar-refractivity contribution in [2.45, 2.75) is 33.3 Å². The molecular formula is C25H27N6O2+. The van der Waals surface area contributed by atoms with Gasteiger partial charge in [-0.2, -0.15) is 5.26 Å². The zero-order valence-electron chi connectivity index (χ0n) is 19.1. The number of anilines is 2. The number of para-hydroxylation sites is 1. The molecule has 0 saturated heterocycles. The molecule has 0 aliphatic rings. The van der Waals surface area contributed by atoms with Crippen LogP contribution in [-0.4, -0.2) is 22.6 Å². The average molecular weight is 444 g/mol. The van der Waals surface area contributed by atoms with Crippen LogP contribution in [0, 0.1) is 18.3 Å². The van der Waals surface area contributed by atoms with Crippen LogP contribution in [-0.2, 0) is 4.74 Å². The third-order valence-electron chi connectivity index (χ3n) is 4.51. The first-order chi connectivity index (χ1) is 15.6. The topological polar surface area (TPSA) is 127 Å². The molecule has 0 saturated carbocycles. The van der Waals surface area contributed by atoms with E-state index in [1.165, 1.54) is 0 Å². The van der Waals surface area contributed by atoms with Gasteiger partial charge in [-0.3, -0.25) is 10.6 Å². The molecule has 3 aromatic rings. The molecule has 1 amide bonds. The Bertz CT molecular complexity index is 1220. The Morgan fingerprint density at radius 2 is 1.76 bits per heavy atom. The number of hydrogen-bond donors (Lipinski definition) is 4. The number of amides is 1. The van der Waals surface area contributed by atoms with Crippen molar-refractivity contribution < 1.29 is 14.5 Å². The Labute approximate surface area is 193 Å². The number of carbonyl (C=O) groups excluding carboxylic acids is 1. The van der Waals surface area contributed by atoms with Gasteiger partial charge in [0.1, 0.15) is 23.1 Å². The Kier molecular flexibility index (Phi) is 6.94. The van der Waals surface area contributed by atoms with E-state index in [-0.39, 0.29) is 5.96 Å². The first kappa shape index (κ1) is 23.3. The number of carbonyl (C=O) groups is 1. The first-order valence-electron chi connectivity index (χ1n) is 10.4. The van der Waals surface area contributed by atoms with E-state index in [2.05, 4.69) is 26.7 Å². The molecular weight excluding hydrogens is 416 g/mol. The second kappa shape index (κ2) is 9.83. The molecule has 33 heavy (non-hydrogen) atoms. The molecule has 2 aromatic carbocycles. The average Bonchev–Trinajstić information content (AvgIpc) is 2.73. The highest BCUT2D eigenvalue weighted by Crippen LogP contribution is 2.24. The predicted octanol–water partition coefficient (Wildman–Crippen LogP) is 3.41. The van der Waals surface area contributed by atoms with Crippen LogP contribution in [0.1, 0.15) is 32.0 Å². The number of nitrogens with zero attached hydrogens (tertiary/aromatic N) is 2. The minimum Gasteiger partial charge on any atom is -0.444 e. The van der Waals surface area contributed by atoms with Crippen LogP contribution >= 0.6 is 0 Å². The normalized spacial score (nSPS) is 11.4. The lowest BCUT2D eigenvalue weighted by molar-refractivity contribution is -0.360. The molecule has 0 bridgehead atoms. The van der Waals surface area contributed by atoms with Crippen LogP contribution < -0.4 is 21.4 Å². The third kappa shape index (κ3) is 6.55. The van der Waals surface area contributed by atoms with Gasteiger partial charge >= 0.3 is 12.1 Å². The summed E-state index contributed by atoms with van der Waals surface area (Å²) in [4.78, 5) is 19.5. The van der Waals surface area contributed by atoms with E-state index in [9.17, 15) is 10.1 Å². The number of pyridine rings is 1. The summed E-state index contributed by atoms with van der Waals surface area (Å²) in [5.41, 5.74) is 9.95. The van der Waals surface area contributed by atoms with E-state index in [1.54, 1.807) is 18.2 Å². The van der Waals surface area contributed by atoms with Crippen LogP contribution in [0.25, 0.3) is 11.1 Å². The number of rotatable bonds is 4. The van der Waals surface area contributed by atoms with E-state index in [4.69, 9.17) is 10.5 Å². The number of guanidine groups is 1. The molecule has 0 spiro atoms. The lowest BCUT2D eigenvalue weighted by atomic mass is 10.0. The van der Waals surface area contributed by atoms with Gasteiger partial charge in [-0.15, -0.1) is 4.98 Å². The number of nitriles is 1. The number of nitrogens with two attached hydrogens (primary N) is 1. The van der Waals surface area contributed by atoms with Crippen molar-refractivity contribution in [1.29, 1.82) is 5.26 Å². The maximum atomic E-state index is 11.9. The Balaban J connectivity index is 1.72. The Morgan fingerprint density at radius 3 is 2.39 bits per heavy atom. The van der Waals surface area contributed by atoms with E-state index in [0.29, 0.717) is 22.8 Å². The lowest BCUT2D eigenvalue weighted by Crippen LogP contribution is -2.72. The third-order valence-corrected chi connectivity index (χ3v) is 4.51. The smallest absolute Gasteiger partial charge is 0.412 e. The standard InChI is InChI=1S/C25H26N6O2/c1-16-20(17-9-11-19(12-10-17)29-24(32)33-25(2,3)4)13-14-22(28-16)31-23(27)30-21-8-6-5-7-18(21)15-26/h5-14H,1-4H3,(H,29,32)(H3,27,28,30,31)/p+1. The van der Waals surface area contributed by atoms with Crippen LogP contribution in [0.2, 0.25) is 0 Å². The van der Waals surface area contributed by atoms with Gasteiger partial charge in [0.2, 0.25) is 5.82 Å². The molecule has 168 valence electrons. The largest absolute Gasteiger partial charge is 0.444 e. The summed E-state index contributed by atoms with van der Waals surface area (Å²) in [7, 11) is 0. The Hall–Kier alpha value is -4.38. The fraction of sp³-hybridized carbons (Fsp3) is 0.200. The first-order valence-corrected chi connectivity index (χ1v) is 10.4. The van der Waals surface area contributed by atoms with Crippen molar-refractivity contribution >= 4 is 29.2 Å². The second-order valence-corrected chi connectivity index (χ2v) is 8.35. The summed E-state index contributed by atoms with van der Waals surface area (Å²) >= 11 is 0. The molecule has 5 N–H and O–H groups in total. The van der Waals surface area contributed by atoms with E-state index < -0.39 is 11.7 Å². The molecule has 3 rings (SSSR count). The molecule has 8 nitrogen and oxygen atoms in total. The van der Waals surface area contributed by atoms with Crippen LogP contribution in [0.4, 0.5) is 22.0 Å². The number of aryl methyl sites for hydroxylation is 1. The van der Waals surface area contributed by atoms with Gasteiger partial charge in [0.15, 0.2) is 0 Å². The van der Waals surface area contributed by atoms with Gasteiger partial charge in [0.05, 0.1) is 5.56 Å². The zero-order valence-corrected chi connectivity index (χ0v) is 19.1. The number of aromatic nitrogens is 1. The van der Waals surface area contributed by atoms with E-state index in [1.807, 2.05) is 70.2 Å². The quantitative estimate of drug-likeness (QED) is 0.361. The maximum Gasteiger partial charge on any atom is 0.412 e. The molecule has 0 aliphatic heterocycles. The van der Waals surface area contributed by atoms with Crippen molar-refractivity contribution in [2.75, 3.05) is 10.6 Å². The van der Waals surface area contributed by atoms with Crippen molar-refractivity contribution in [3.63, 3.8) is 0 Å². The number of ether oxygens (including phenoxy) is 1. The van der Waals surface area contributed by atoms with Gasteiger partial charge in [-0.1, -0.05) is 24.3 Å². The molecule has 1 heterocycles.